The number of hydrogen-bond acceptors (Lipinski definition) is 7. The fourth-order valence-electron chi connectivity index (χ4n) is 3.18. The van der Waals surface area contributed by atoms with Crippen LogP contribution >= 0.6 is 15.9 Å². The number of amides is 2. The van der Waals surface area contributed by atoms with E-state index in [1.165, 1.54) is 36.7 Å². The van der Waals surface area contributed by atoms with Crippen molar-refractivity contribution in [1.82, 2.24) is 9.97 Å². The molecule has 1 aromatic carbocycles. The molecule has 0 aliphatic heterocycles. The van der Waals surface area contributed by atoms with E-state index in [9.17, 15) is 18.8 Å². The maximum absolute atomic E-state index is 14.3. The van der Waals surface area contributed by atoms with Crippen LogP contribution in [0.5, 0.6) is 5.75 Å². The molecular weight excluding hydrogens is 533 g/mol. The molecule has 9 nitrogen and oxygen atoms in total. The predicted molar refractivity (Wildman–Crippen MR) is 132 cm³/mol. The van der Waals surface area contributed by atoms with Gasteiger partial charge in [0.2, 0.25) is 0 Å². The maximum atomic E-state index is 14.3. The first-order valence-electron chi connectivity index (χ1n) is 10.8. The van der Waals surface area contributed by atoms with Crippen LogP contribution in [-0.4, -0.2) is 27.8 Å². The van der Waals surface area contributed by atoms with Crippen LogP contribution < -0.4 is 15.8 Å². The Bertz CT molecular complexity index is 1340. The first kappa shape index (κ1) is 26.4. The molecule has 2 aromatic heterocycles. The Hall–Kier alpha value is -4.17. The fourth-order valence-corrected chi connectivity index (χ4v) is 3.55. The van der Waals surface area contributed by atoms with Crippen LogP contribution in [0.2, 0.25) is 0 Å². The zero-order valence-corrected chi connectivity index (χ0v) is 20.7. The van der Waals surface area contributed by atoms with Crippen LogP contribution in [0.1, 0.15) is 63.9 Å². The van der Waals surface area contributed by atoms with E-state index in [0.717, 1.165) is 12.8 Å². The van der Waals surface area contributed by atoms with Gasteiger partial charge in [-0.3, -0.25) is 15.1 Å². The molecule has 1 fully saturated rings. The van der Waals surface area contributed by atoms with Gasteiger partial charge in [0.05, 0.1) is 16.7 Å². The molecule has 2 heterocycles. The van der Waals surface area contributed by atoms with Gasteiger partial charge in [-0.1, -0.05) is 6.92 Å². The van der Waals surface area contributed by atoms with Crippen molar-refractivity contribution in [2.24, 2.45) is 5.73 Å². The molecule has 0 spiro atoms. The van der Waals surface area contributed by atoms with E-state index >= 15 is 0 Å². The Morgan fingerprint density at radius 1 is 1.22 bits per heavy atom. The Balaban J connectivity index is 0.000000253. The van der Waals surface area contributed by atoms with Crippen molar-refractivity contribution >= 4 is 39.5 Å². The van der Waals surface area contributed by atoms with Gasteiger partial charge in [0.15, 0.2) is 5.78 Å². The number of Topliss-reactive ketones (excluding diaryl/α,β-unsaturated/α-hetero) is 1. The number of nitrogens with zero attached hydrogens (tertiary/aromatic N) is 3. The number of primary amides is 1. The molecule has 36 heavy (non-hydrogen) atoms. The Labute approximate surface area is 214 Å². The third kappa shape index (κ3) is 6.93. The molecule has 1 saturated carbocycles. The topological polar surface area (TPSA) is 148 Å². The van der Waals surface area contributed by atoms with Crippen LogP contribution in [0.4, 0.5) is 15.0 Å². The average molecular weight is 554 g/mol. The van der Waals surface area contributed by atoms with Crippen molar-refractivity contribution < 1.29 is 23.5 Å². The minimum atomic E-state index is -0.674. The van der Waals surface area contributed by atoms with Gasteiger partial charge in [-0.05, 0) is 65.0 Å². The highest BCUT2D eigenvalue weighted by atomic mass is 79.9. The van der Waals surface area contributed by atoms with E-state index in [1.807, 2.05) is 6.07 Å². The molecule has 3 aromatic rings. The fraction of sp³-hybridized carbons (Fsp3) is 0.200. The lowest BCUT2D eigenvalue weighted by atomic mass is 10.00. The number of urea groups is 1. The van der Waals surface area contributed by atoms with E-state index in [2.05, 4.69) is 31.2 Å². The summed E-state index contributed by atoms with van der Waals surface area (Å²) in [6.07, 6.45) is 6.16. The molecule has 11 heteroatoms. The summed E-state index contributed by atoms with van der Waals surface area (Å²) in [7, 11) is 0. The number of halogens is 2. The smallest absolute Gasteiger partial charge is 0.345 e. The second kappa shape index (κ2) is 12.0. The summed E-state index contributed by atoms with van der Waals surface area (Å²) in [6, 6.07) is 8.49. The zero-order chi connectivity index (χ0) is 26.2. The minimum Gasteiger partial charge on any atom is -0.422 e. The van der Waals surface area contributed by atoms with Crippen LogP contribution in [0.25, 0.3) is 0 Å². The maximum Gasteiger partial charge on any atom is 0.345 e. The van der Waals surface area contributed by atoms with Crippen molar-refractivity contribution in [3.8, 4) is 11.8 Å². The van der Waals surface area contributed by atoms with Crippen molar-refractivity contribution in [1.29, 1.82) is 5.26 Å². The highest BCUT2D eigenvalue weighted by Gasteiger charge is 2.33. The van der Waals surface area contributed by atoms with Crippen LogP contribution in [-0.2, 0) is 0 Å². The second-order valence-electron chi connectivity index (χ2n) is 7.70. The minimum absolute atomic E-state index is 0.00181. The number of carbonyl (C=O) groups excluding carboxylic acids is 3. The summed E-state index contributed by atoms with van der Waals surface area (Å²) < 4.78 is 20.4. The molecule has 0 unspecified atom stereocenters. The molecule has 1 aliphatic rings. The van der Waals surface area contributed by atoms with Gasteiger partial charge in [-0.25, -0.2) is 19.0 Å². The van der Waals surface area contributed by atoms with E-state index in [-0.39, 0.29) is 35.0 Å². The number of esters is 1. The van der Waals surface area contributed by atoms with E-state index < -0.39 is 17.8 Å². The van der Waals surface area contributed by atoms with Crippen LogP contribution in [0.15, 0.2) is 53.4 Å². The number of ketones is 1. The molecule has 0 bridgehead atoms. The summed E-state index contributed by atoms with van der Waals surface area (Å²) in [5, 5.41) is 10.7. The van der Waals surface area contributed by atoms with Crippen LogP contribution in [0.3, 0.4) is 0 Å². The van der Waals surface area contributed by atoms with E-state index in [0.29, 0.717) is 21.4 Å². The number of anilines is 1. The summed E-state index contributed by atoms with van der Waals surface area (Å²) in [5.41, 5.74) is 6.07. The lowest BCUT2D eigenvalue weighted by molar-refractivity contribution is 0.0729. The molecule has 0 atom stereocenters. The highest BCUT2D eigenvalue weighted by Crippen LogP contribution is 2.47. The Morgan fingerprint density at radius 2 is 1.97 bits per heavy atom. The summed E-state index contributed by atoms with van der Waals surface area (Å²) in [6.45, 7) is 1.71. The van der Waals surface area contributed by atoms with Crippen molar-refractivity contribution in [3.05, 3.63) is 81.5 Å². The molecule has 3 N–H and O–H groups in total. The number of rotatable bonds is 6. The number of nitriles is 1. The molecule has 184 valence electrons. The first-order valence-corrected chi connectivity index (χ1v) is 11.6. The van der Waals surface area contributed by atoms with Gasteiger partial charge in [0.1, 0.15) is 23.5 Å². The standard InChI is InChI=1S/C18H15BrFNO3.C7H6N4O/c1-2-15(22)13-5-6-14(20)16(10-3-4-10)17(13)24-18(23)11-7-12(19)9-21-8-11;8-3-5-1-2-6(10-4-5)11-7(9)12/h5-10H,2-4H2,1H3;1-2,4H,(H3,9,10,11,12). The van der Waals surface area contributed by atoms with Gasteiger partial charge in [-0.2, -0.15) is 5.26 Å². The number of benzene rings is 1. The van der Waals surface area contributed by atoms with Crippen molar-refractivity contribution in [2.75, 3.05) is 5.32 Å². The number of carbonyl (C=O) groups is 3. The van der Waals surface area contributed by atoms with Crippen molar-refractivity contribution in [2.45, 2.75) is 32.1 Å². The van der Waals surface area contributed by atoms with E-state index in [4.69, 9.17) is 15.7 Å². The quantitative estimate of drug-likeness (QED) is 0.244. The number of ether oxygens (including phenoxy) is 1. The lowest BCUT2D eigenvalue weighted by Gasteiger charge is -2.14. The molecule has 2 amide bonds. The number of pyridine rings is 2. The van der Waals surface area contributed by atoms with Crippen LogP contribution in [0, 0.1) is 17.1 Å². The second-order valence-corrected chi connectivity index (χ2v) is 8.62. The zero-order valence-electron chi connectivity index (χ0n) is 19.1. The molecule has 4 rings (SSSR count). The van der Waals surface area contributed by atoms with Gasteiger partial charge < -0.3 is 10.5 Å². The normalized spacial score (nSPS) is 11.9. The first-order chi connectivity index (χ1) is 17.2. The van der Waals surface area contributed by atoms with Gasteiger partial charge in [0.25, 0.3) is 0 Å². The number of aromatic nitrogens is 2. The predicted octanol–water partition coefficient (Wildman–Crippen LogP) is 5.12. The third-order valence-corrected chi connectivity index (χ3v) is 5.46. The monoisotopic (exact) mass is 553 g/mol. The highest BCUT2D eigenvalue weighted by molar-refractivity contribution is 9.10. The van der Waals surface area contributed by atoms with Gasteiger partial charge >= 0.3 is 12.0 Å². The number of nitrogens with two attached hydrogens (primary N) is 1. The lowest BCUT2D eigenvalue weighted by Crippen LogP contribution is -2.19. The summed E-state index contributed by atoms with van der Waals surface area (Å²) in [4.78, 5) is 42.6. The number of nitrogens with one attached hydrogen (secondary N) is 1. The van der Waals surface area contributed by atoms with E-state index in [1.54, 1.807) is 19.2 Å². The molecule has 0 radical (unpaired) electrons. The Kier molecular flexibility index (Phi) is 8.81. The Morgan fingerprint density at radius 3 is 2.53 bits per heavy atom. The molecule has 0 saturated heterocycles. The largest absolute Gasteiger partial charge is 0.422 e. The molecular formula is C25H21BrFN5O4. The third-order valence-electron chi connectivity index (χ3n) is 5.03. The summed E-state index contributed by atoms with van der Waals surface area (Å²) in [5.74, 6) is -0.914. The SMILES string of the molecule is CCC(=O)c1ccc(F)c(C2CC2)c1OC(=O)c1cncc(Br)c1.N#Cc1ccc(NC(N)=O)nc1. The van der Waals surface area contributed by atoms with Crippen molar-refractivity contribution in [3.63, 3.8) is 0 Å². The average Bonchev–Trinajstić information content (AvgIpc) is 3.69. The van der Waals surface area contributed by atoms with Gasteiger partial charge in [0, 0.05) is 35.0 Å². The summed E-state index contributed by atoms with van der Waals surface area (Å²) >= 11 is 3.24. The molecule has 1 aliphatic carbocycles. The number of hydrogen-bond donors (Lipinski definition) is 2. The van der Waals surface area contributed by atoms with Gasteiger partial charge in [-0.15, -0.1) is 0 Å².